The number of aliphatic hydroxyl groups is 1. The molecule has 20 heavy (non-hydrogen) atoms. The van der Waals surface area contributed by atoms with Crippen molar-refractivity contribution in [3.8, 4) is 5.75 Å². The van der Waals surface area contributed by atoms with Gasteiger partial charge in [-0.1, -0.05) is 29.5 Å². The molecular formula is C14H18N2O3S. The van der Waals surface area contributed by atoms with E-state index in [1.807, 2.05) is 31.2 Å². The van der Waals surface area contributed by atoms with E-state index in [1.54, 1.807) is 13.8 Å². The van der Waals surface area contributed by atoms with Gasteiger partial charge in [0.05, 0.1) is 5.60 Å². The maximum atomic E-state index is 9.62. The Balaban J connectivity index is 1.85. The molecule has 1 N–H and O–H groups in total. The minimum Gasteiger partial charge on any atom is -0.484 e. The van der Waals surface area contributed by atoms with E-state index in [0.29, 0.717) is 16.9 Å². The molecule has 0 fully saturated rings. The summed E-state index contributed by atoms with van der Waals surface area (Å²) in [6.45, 7) is 5.72. The van der Waals surface area contributed by atoms with Crippen molar-refractivity contribution in [3.05, 3.63) is 35.7 Å². The zero-order chi connectivity index (χ0) is 14.6. The summed E-state index contributed by atoms with van der Waals surface area (Å²) in [7, 11) is 0. The number of thioether (sulfide) groups is 1. The zero-order valence-electron chi connectivity index (χ0n) is 11.8. The highest BCUT2D eigenvalue weighted by Crippen LogP contribution is 2.21. The van der Waals surface area contributed by atoms with Crippen LogP contribution in [0.25, 0.3) is 0 Å². The Labute approximate surface area is 122 Å². The van der Waals surface area contributed by atoms with Gasteiger partial charge in [-0.3, -0.25) is 0 Å². The molecule has 0 spiro atoms. The quantitative estimate of drug-likeness (QED) is 0.826. The number of benzene rings is 1. The highest BCUT2D eigenvalue weighted by molar-refractivity contribution is 7.99. The molecule has 0 saturated carbocycles. The lowest BCUT2D eigenvalue weighted by Crippen LogP contribution is -2.21. The van der Waals surface area contributed by atoms with Crippen molar-refractivity contribution in [1.29, 1.82) is 0 Å². The molecule has 0 amide bonds. The highest BCUT2D eigenvalue weighted by Gasteiger charge is 2.16. The van der Waals surface area contributed by atoms with Crippen molar-refractivity contribution in [2.45, 2.75) is 38.2 Å². The van der Waals surface area contributed by atoms with E-state index in [-0.39, 0.29) is 6.61 Å². The maximum absolute atomic E-state index is 9.62. The molecule has 0 saturated heterocycles. The molecule has 1 aromatic heterocycles. The van der Waals surface area contributed by atoms with Gasteiger partial charge in [0.25, 0.3) is 11.1 Å². The molecule has 108 valence electrons. The molecule has 5 nitrogen and oxygen atoms in total. The lowest BCUT2D eigenvalue weighted by molar-refractivity contribution is 0.106. The fourth-order valence-electron chi connectivity index (χ4n) is 1.37. The van der Waals surface area contributed by atoms with Gasteiger partial charge in [-0.25, -0.2) is 0 Å². The summed E-state index contributed by atoms with van der Waals surface area (Å²) in [4.78, 5) is 0. The third kappa shape index (κ3) is 4.86. The third-order valence-electron chi connectivity index (χ3n) is 2.38. The predicted octanol–water partition coefficient (Wildman–Crippen LogP) is 2.82. The molecule has 0 unspecified atom stereocenters. The topological polar surface area (TPSA) is 68.4 Å². The third-order valence-corrected chi connectivity index (χ3v) is 3.64. The highest BCUT2D eigenvalue weighted by atomic mass is 32.2. The smallest absolute Gasteiger partial charge is 0.276 e. The first-order chi connectivity index (χ1) is 9.42. The van der Waals surface area contributed by atoms with Gasteiger partial charge in [0, 0.05) is 5.75 Å². The summed E-state index contributed by atoms with van der Waals surface area (Å²) in [5.41, 5.74) is 0.415. The van der Waals surface area contributed by atoms with Gasteiger partial charge >= 0.3 is 0 Å². The van der Waals surface area contributed by atoms with Crippen LogP contribution in [0.2, 0.25) is 0 Å². The van der Waals surface area contributed by atoms with E-state index >= 15 is 0 Å². The molecule has 6 heteroatoms. The van der Waals surface area contributed by atoms with Crippen molar-refractivity contribution in [1.82, 2.24) is 10.2 Å². The first kappa shape index (κ1) is 14.9. The average molecular weight is 294 g/mol. The average Bonchev–Trinajstić information content (AvgIpc) is 2.83. The van der Waals surface area contributed by atoms with Gasteiger partial charge in [0.15, 0.2) is 6.61 Å². The molecule has 2 aromatic rings. The van der Waals surface area contributed by atoms with Gasteiger partial charge in [-0.2, -0.15) is 0 Å². The van der Waals surface area contributed by atoms with E-state index in [1.165, 1.54) is 17.3 Å². The van der Waals surface area contributed by atoms with Crippen LogP contribution in [0, 0.1) is 6.92 Å². The van der Waals surface area contributed by atoms with Crippen LogP contribution in [0.15, 0.2) is 33.9 Å². The fourth-order valence-corrected chi connectivity index (χ4v) is 2.10. The van der Waals surface area contributed by atoms with E-state index in [2.05, 4.69) is 10.2 Å². The summed E-state index contributed by atoms with van der Waals surface area (Å²) in [6, 6.07) is 7.76. The van der Waals surface area contributed by atoms with E-state index in [4.69, 9.17) is 9.15 Å². The second-order valence-electron chi connectivity index (χ2n) is 5.16. The second-order valence-corrected chi connectivity index (χ2v) is 6.09. The zero-order valence-corrected chi connectivity index (χ0v) is 12.6. The first-order valence-corrected chi connectivity index (χ1v) is 7.28. The largest absolute Gasteiger partial charge is 0.484 e. The summed E-state index contributed by atoms with van der Waals surface area (Å²) in [5.74, 6) is 1.68. The van der Waals surface area contributed by atoms with Gasteiger partial charge in [-0.05, 0) is 32.9 Å². The van der Waals surface area contributed by atoms with Crippen LogP contribution in [0.3, 0.4) is 0 Å². The Bertz CT molecular complexity index is 546. The Morgan fingerprint density at radius 2 is 1.95 bits per heavy atom. The van der Waals surface area contributed by atoms with Crippen molar-refractivity contribution in [3.63, 3.8) is 0 Å². The number of ether oxygens (including phenoxy) is 1. The summed E-state index contributed by atoms with van der Waals surface area (Å²) >= 11 is 1.33. The molecule has 0 atom stereocenters. The van der Waals surface area contributed by atoms with Crippen LogP contribution < -0.4 is 4.74 Å². The van der Waals surface area contributed by atoms with Crippen molar-refractivity contribution < 1.29 is 14.3 Å². The predicted molar refractivity (Wildman–Crippen MR) is 76.8 cm³/mol. The molecule has 1 aromatic carbocycles. The molecule has 0 radical (unpaired) electrons. The van der Waals surface area contributed by atoms with Gasteiger partial charge < -0.3 is 14.3 Å². The Morgan fingerprint density at radius 3 is 2.60 bits per heavy atom. The molecule has 2 rings (SSSR count). The van der Waals surface area contributed by atoms with E-state index in [9.17, 15) is 5.11 Å². The normalized spacial score (nSPS) is 11.6. The van der Waals surface area contributed by atoms with Crippen molar-refractivity contribution in [2.75, 3.05) is 5.75 Å². The number of aryl methyl sites for hydroxylation is 1. The number of hydrogen-bond donors (Lipinski definition) is 1. The number of aromatic nitrogens is 2. The van der Waals surface area contributed by atoms with E-state index < -0.39 is 5.60 Å². The Kier molecular flexibility index (Phi) is 4.67. The van der Waals surface area contributed by atoms with Gasteiger partial charge in [0.1, 0.15) is 5.75 Å². The van der Waals surface area contributed by atoms with Gasteiger partial charge in [0.2, 0.25) is 0 Å². The first-order valence-electron chi connectivity index (χ1n) is 6.29. The van der Waals surface area contributed by atoms with Crippen LogP contribution in [-0.4, -0.2) is 26.7 Å². The van der Waals surface area contributed by atoms with Crippen molar-refractivity contribution in [2.24, 2.45) is 0 Å². The minimum absolute atomic E-state index is 0.235. The monoisotopic (exact) mass is 294 g/mol. The number of nitrogens with zero attached hydrogens (tertiary/aromatic N) is 2. The van der Waals surface area contributed by atoms with Crippen LogP contribution in [0.4, 0.5) is 0 Å². The van der Waals surface area contributed by atoms with Crippen LogP contribution in [-0.2, 0) is 6.61 Å². The summed E-state index contributed by atoms with van der Waals surface area (Å²) in [6.07, 6.45) is 0. The van der Waals surface area contributed by atoms with Crippen LogP contribution in [0.5, 0.6) is 5.75 Å². The van der Waals surface area contributed by atoms with E-state index in [0.717, 1.165) is 5.75 Å². The lowest BCUT2D eigenvalue weighted by Gasteiger charge is -2.13. The molecule has 0 aliphatic carbocycles. The fraction of sp³-hybridized carbons (Fsp3) is 0.429. The SMILES string of the molecule is Cc1ccc(OCc2nnc(SCC(C)(C)O)o2)cc1. The minimum atomic E-state index is -0.766. The molecule has 0 aliphatic heterocycles. The lowest BCUT2D eigenvalue weighted by atomic mass is 10.2. The Hall–Kier alpha value is -1.53. The van der Waals surface area contributed by atoms with Crippen LogP contribution in [0.1, 0.15) is 25.3 Å². The number of hydrogen-bond acceptors (Lipinski definition) is 6. The standard InChI is InChI=1S/C14H18N2O3S/c1-10-4-6-11(7-5-10)18-8-12-15-16-13(19-12)20-9-14(2,3)17/h4-7,17H,8-9H2,1-3H3. The van der Waals surface area contributed by atoms with Crippen LogP contribution >= 0.6 is 11.8 Å². The van der Waals surface area contributed by atoms with Crippen molar-refractivity contribution >= 4 is 11.8 Å². The summed E-state index contributed by atoms with van der Waals surface area (Å²) in [5, 5.41) is 17.9. The molecular weight excluding hydrogens is 276 g/mol. The number of rotatable bonds is 6. The molecule has 0 aliphatic rings. The Morgan fingerprint density at radius 1 is 1.25 bits per heavy atom. The summed E-state index contributed by atoms with van der Waals surface area (Å²) < 4.78 is 11.0. The maximum Gasteiger partial charge on any atom is 0.276 e. The molecule has 1 heterocycles. The second kappa shape index (κ2) is 6.28. The molecule has 0 bridgehead atoms. The van der Waals surface area contributed by atoms with Gasteiger partial charge in [-0.15, -0.1) is 10.2 Å².